The van der Waals surface area contributed by atoms with Crippen molar-refractivity contribution in [2.75, 3.05) is 13.1 Å². The molecule has 0 spiro atoms. The molecule has 3 rings (SSSR count). The smallest absolute Gasteiger partial charge is 0.253 e. The Hall–Kier alpha value is -1.26. The van der Waals surface area contributed by atoms with Crippen LogP contribution in [0.1, 0.15) is 61.7 Å². The number of hydrogen-bond acceptors (Lipinski definition) is 2. The molecule has 0 unspecified atom stereocenters. The summed E-state index contributed by atoms with van der Waals surface area (Å²) in [4.78, 5) is 27.0. The summed E-state index contributed by atoms with van der Waals surface area (Å²) < 4.78 is 0. The van der Waals surface area contributed by atoms with Gasteiger partial charge in [-0.25, -0.2) is 0 Å². The molecule has 6 heteroatoms. The SMILES string of the molecule is O=C(NC1CCCCCC1)C1CCN(C(=O)c2ccc(Cl)c(Cl)c2)CC1. The van der Waals surface area contributed by atoms with Crippen LogP contribution in [0.5, 0.6) is 0 Å². The van der Waals surface area contributed by atoms with Gasteiger partial charge in [-0.15, -0.1) is 0 Å². The summed E-state index contributed by atoms with van der Waals surface area (Å²) in [5, 5.41) is 4.07. The van der Waals surface area contributed by atoms with Crippen LogP contribution in [0.15, 0.2) is 18.2 Å². The van der Waals surface area contributed by atoms with Gasteiger partial charge in [0, 0.05) is 30.6 Å². The van der Waals surface area contributed by atoms with Crippen LogP contribution in [0.2, 0.25) is 10.0 Å². The minimum Gasteiger partial charge on any atom is -0.353 e. The summed E-state index contributed by atoms with van der Waals surface area (Å²) in [6, 6.07) is 5.28. The van der Waals surface area contributed by atoms with Crippen molar-refractivity contribution < 1.29 is 9.59 Å². The van der Waals surface area contributed by atoms with Gasteiger partial charge in [0.2, 0.25) is 5.91 Å². The zero-order chi connectivity index (χ0) is 18.5. The number of likely N-dealkylation sites (tertiary alicyclic amines) is 1. The highest BCUT2D eigenvalue weighted by Crippen LogP contribution is 2.25. The first-order valence-corrected chi connectivity index (χ1v) is 10.3. The molecule has 1 saturated heterocycles. The Labute approximate surface area is 165 Å². The molecule has 1 aliphatic carbocycles. The lowest BCUT2D eigenvalue weighted by atomic mass is 9.94. The van der Waals surface area contributed by atoms with Crippen LogP contribution < -0.4 is 5.32 Å². The van der Waals surface area contributed by atoms with E-state index in [1.807, 2.05) is 0 Å². The van der Waals surface area contributed by atoms with E-state index in [1.165, 1.54) is 25.7 Å². The normalized spacial score (nSPS) is 19.8. The lowest BCUT2D eigenvalue weighted by molar-refractivity contribution is -0.127. The third kappa shape index (κ3) is 4.92. The van der Waals surface area contributed by atoms with Gasteiger partial charge in [-0.2, -0.15) is 0 Å². The van der Waals surface area contributed by atoms with Crippen molar-refractivity contribution in [2.45, 2.75) is 57.4 Å². The van der Waals surface area contributed by atoms with Gasteiger partial charge in [0.05, 0.1) is 10.0 Å². The first kappa shape index (κ1) is 19.5. The number of amides is 2. The quantitative estimate of drug-likeness (QED) is 0.753. The van der Waals surface area contributed by atoms with Crippen molar-refractivity contribution in [3.63, 3.8) is 0 Å². The maximum absolute atomic E-state index is 12.6. The van der Waals surface area contributed by atoms with Crippen molar-refractivity contribution in [1.82, 2.24) is 10.2 Å². The van der Waals surface area contributed by atoms with Crippen molar-refractivity contribution in [3.8, 4) is 0 Å². The van der Waals surface area contributed by atoms with Gasteiger partial charge in [-0.05, 0) is 43.9 Å². The zero-order valence-electron chi connectivity index (χ0n) is 15.0. The molecule has 2 amide bonds. The highest BCUT2D eigenvalue weighted by atomic mass is 35.5. The van der Waals surface area contributed by atoms with E-state index in [4.69, 9.17) is 23.2 Å². The van der Waals surface area contributed by atoms with Crippen molar-refractivity contribution in [3.05, 3.63) is 33.8 Å². The lowest BCUT2D eigenvalue weighted by Crippen LogP contribution is -2.45. The van der Waals surface area contributed by atoms with Crippen LogP contribution in [0.3, 0.4) is 0 Å². The number of carbonyl (C=O) groups is 2. The standard InChI is InChI=1S/C20H26Cl2N2O2/c21-17-8-7-15(13-18(17)22)20(26)24-11-9-14(10-12-24)19(25)23-16-5-3-1-2-4-6-16/h7-8,13-14,16H,1-6,9-12H2,(H,23,25). The van der Waals surface area contributed by atoms with Crippen LogP contribution in [-0.4, -0.2) is 35.8 Å². The monoisotopic (exact) mass is 396 g/mol. The molecular formula is C20H26Cl2N2O2. The van der Waals surface area contributed by atoms with E-state index in [1.54, 1.807) is 23.1 Å². The molecule has 142 valence electrons. The number of hydrogen-bond donors (Lipinski definition) is 1. The summed E-state index contributed by atoms with van der Waals surface area (Å²) in [6.07, 6.45) is 8.60. The summed E-state index contributed by atoms with van der Waals surface area (Å²) in [7, 11) is 0. The molecule has 0 bridgehead atoms. The Kier molecular flexibility index (Phi) is 6.82. The molecule has 2 aliphatic rings. The summed E-state index contributed by atoms with van der Waals surface area (Å²) >= 11 is 11.9. The van der Waals surface area contributed by atoms with Crippen LogP contribution in [0.4, 0.5) is 0 Å². The third-order valence-electron chi connectivity index (χ3n) is 5.52. The summed E-state index contributed by atoms with van der Waals surface area (Å²) in [5.41, 5.74) is 0.542. The van der Waals surface area contributed by atoms with Crippen molar-refractivity contribution in [1.29, 1.82) is 0 Å². The lowest BCUT2D eigenvalue weighted by Gasteiger charge is -2.32. The third-order valence-corrected chi connectivity index (χ3v) is 6.26. The minimum atomic E-state index is -0.0498. The van der Waals surface area contributed by atoms with Crippen molar-refractivity contribution in [2.24, 2.45) is 5.92 Å². The molecule has 0 atom stereocenters. The summed E-state index contributed by atoms with van der Waals surface area (Å²) in [5.74, 6) is 0.126. The second-order valence-electron chi connectivity index (χ2n) is 7.39. The molecule has 1 aromatic rings. The van der Waals surface area contributed by atoms with E-state index in [9.17, 15) is 9.59 Å². The molecule has 1 saturated carbocycles. The molecule has 1 heterocycles. The van der Waals surface area contributed by atoms with E-state index < -0.39 is 0 Å². The molecule has 1 aliphatic heterocycles. The van der Waals surface area contributed by atoms with Crippen molar-refractivity contribution >= 4 is 35.0 Å². The van der Waals surface area contributed by atoms with E-state index in [0.29, 0.717) is 47.6 Å². The Morgan fingerprint density at radius 2 is 1.58 bits per heavy atom. The number of piperidine rings is 1. The van der Waals surface area contributed by atoms with Gasteiger partial charge in [-0.3, -0.25) is 9.59 Å². The summed E-state index contributed by atoms with van der Waals surface area (Å²) in [6.45, 7) is 1.20. The molecule has 1 aromatic carbocycles. The maximum atomic E-state index is 12.6. The zero-order valence-corrected chi connectivity index (χ0v) is 16.5. The average Bonchev–Trinajstić information content (AvgIpc) is 2.92. The molecular weight excluding hydrogens is 371 g/mol. The van der Waals surface area contributed by atoms with Gasteiger partial charge in [0.15, 0.2) is 0 Å². The Balaban J connectivity index is 1.50. The first-order valence-electron chi connectivity index (χ1n) is 9.59. The fourth-order valence-corrected chi connectivity index (χ4v) is 4.20. The van der Waals surface area contributed by atoms with E-state index in [2.05, 4.69) is 5.32 Å². The number of nitrogens with one attached hydrogen (secondary N) is 1. The largest absolute Gasteiger partial charge is 0.353 e. The molecule has 1 N–H and O–H groups in total. The van der Waals surface area contributed by atoms with Gasteiger partial charge < -0.3 is 10.2 Å². The highest BCUT2D eigenvalue weighted by molar-refractivity contribution is 6.42. The van der Waals surface area contributed by atoms with E-state index in [0.717, 1.165) is 12.8 Å². The molecule has 26 heavy (non-hydrogen) atoms. The predicted molar refractivity (Wildman–Crippen MR) is 105 cm³/mol. The number of benzene rings is 1. The Morgan fingerprint density at radius 3 is 2.19 bits per heavy atom. The maximum Gasteiger partial charge on any atom is 0.253 e. The molecule has 0 radical (unpaired) electrons. The first-order chi connectivity index (χ1) is 12.5. The van der Waals surface area contributed by atoms with Crippen LogP contribution in [-0.2, 0) is 4.79 Å². The van der Waals surface area contributed by atoms with Crippen LogP contribution in [0.25, 0.3) is 0 Å². The van der Waals surface area contributed by atoms with Gasteiger partial charge in [0.25, 0.3) is 5.91 Å². The number of carbonyl (C=O) groups excluding carboxylic acids is 2. The second-order valence-corrected chi connectivity index (χ2v) is 8.21. The Bertz CT molecular complexity index is 649. The number of nitrogens with zero attached hydrogens (tertiary/aromatic N) is 1. The van der Waals surface area contributed by atoms with E-state index in [-0.39, 0.29) is 17.7 Å². The van der Waals surface area contributed by atoms with Crippen LogP contribution in [0, 0.1) is 5.92 Å². The second kappa shape index (κ2) is 9.09. The number of halogens is 2. The highest BCUT2D eigenvalue weighted by Gasteiger charge is 2.29. The Morgan fingerprint density at radius 1 is 0.923 bits per heavy atom. The van der Waals surface area contributed by atoms with Gasteiger partial charge >= 0.3 is 0 Å². The van der Waals surface area contributed by atoms with Gasteiger partial charge in [-0.1, -0.05) is 48.9 Å². The molecule has 4 nitrogen and oxygen atoms in total. The minimum absolute atomic E-state index is 0.0103. The van der Waals surface area contributed by atoms with Gasteiger partial charge in [0.1, 0.15) is 0 Å². The van der Waals surface area contributed by atoms with E-state index >= 15 is 0 Å². The van der Waals surface area contributed by atoms with Crippen LogP contribution >= 0.6 is 23.2 Å². The predicted octanol–water partition coefficient (Wildman–Crippen LogP) is 4.68. The fraction of sp³-hybridized carbons (Fsp3) is 0.600. The molecule has 0 aromatic heterocycles. The average molecular weight is 397 g/mol. The molecule has 2 fully saturated rings. The topological polar surface area (TPSA) is 49.4 Å². The fourth-order valence-electron chi connectivity index (χ4n) is 3.90. The number of rotatable bonds is 3.